The molecule has 0 saturated heterocycles. The van der Waals surface area contributed by atoms with E-state index in [9.17, 15) is 0 Å². The maximum absolute atomic E-state index is 5.54. The van der Waals surface area contributed by atoms with Gasteiger partial charge in [-0.25, -0.2) is 4.98 Å². The highest BCUT2D eigenvalue weighted by Crippen LogP contribution is 2.26. The lowest BCUT2D eigenvalue weighted by atomic mass is 10.1. The van der Waals surface area contributed by atoms with Crippen molar-refractivity contribution in [2.45, 2.75) is 13.5 Å². The molecule has 0 atom stereocenters. The number of hydrogen-bond acceptors (Lipinski definition) is 6. The Morgan fingerprint density at radius 3 is 2.90 bits per heavy atom. The molecule has 7 heteroatoms. The fourth-order valence-electron chi connectivity index (χ4n) is 1.68. The molecule has 2 heterocycles. The maximum atomic E-state index is 5.54. The molecular weight excluding hydrogens is 340 g/mol. The Balaban J connectivity index is 1.95. The van der Waals surface area contributed by atoms with Crippen LogP contribution in [0.5, 0.6) is 0 Å². The van der Waals surface area contributed by atoms with Crippen molar-refractivity contribution >= 4 is 27.3 Å². The molecule has 0 saturated carbocycles. The summed E-state index contributed by atoms with van der Waals surface area (Å²) in [4.78, 5) is 8.70. The van der Waals surface area contributed by atoms with Crippen LogP contribution < -0.4 is 5.73 Å². The first-order valence-electron chi connectivity index (χ1n) is 5.92. The highest BCUT2D eigenvalue weighted by molar-refractivity contribution is 9.10. The van der Waals surface area contributed by atoms with Crippen molar-refractivity contribution in [3.8, 4) is 23.0 Å². The number of hydrogen-bond donors (Lipinski definition) is 1. The van der Waals surface area contributed by atoms with E-state index < -0.39 is 0 Å². The molecule has 0 fully saturated rings. The lowest BCUT2D eigenvalue weighted by Crippen LogP contribution is -1.94. The van der Waals surface area contributed by atoms with Crippen molar-refractivity contribution < 1.29 is 4.52 Å². The molecule has 1 aromatic carbocycles. The van der Waals surface area contributed by atoms with Gasteiger partial charge in [-0.3, -0.25) is 0 Å². The second-order valence-corrected chi connectivity index (χ2v) is 6.01. The van der Waals surface area contributed by atoms with E-state index in [0.717, 1.165) is 20.6 Å². The number of aryl methyl sites for hydroxylation is 1. The summed E-state index contributed by atoms with van der Waals surface area (Å²) in [6, 6.07) is 5.93. The molecule has 0 unspecified atom stereocenters. The van der Waals surface area contributed by atoms with Crippen LogP contribution in [0.1, 0.15) is 10.6 Å². The summed E-state index contributed by atoms with van der Waals surface area (Å²) in [5, 5.41) is 6.71. The van der Waals surface area contributed by atoms with Crippen LogP contribution in [0.4, 0.5) is 0 Å². The third-order valence-corrected chi connectivity index (χ3v) is 4.53. The number of halogens is 1. The molecular formula is C13H11BrN4OS. The largest absolute Gasteiger partial charge is 0.332 e. The van der Waals surface area contributed by atoms with Gasteiger partial charge in [-0.15, -0.1) is 11.3 Å². The van der Waals surface area contributed by atoms with Gasteiger partial charge in [-0.2, -0.15) is 4.98 Å². The van der Waals surface area contributed by atoms with Crippen LogP contribution >= 0.6 is 27.3 Å². The molecule has 0 radical (unpaired) electrons. The van der Waals surface area contributed by atoms with Gasteiger partial charge < -0.3 is 10.3 Å². The van der Waals surface area contributed by atoms with E-state index >= 15 is 0 Å². The smallest absolute Gasteiger partial charge is 0.277 e. The van der Waals surface area contributed by atoms with E-state index in [4.69, 9.17) is 10.3 Å². The quantitative estimate of drug-likeness (QED) is 0.783. The Hall–Kier alpha value is -1.57. The third kappa shape index (κ3) is 2.52. The van der Waals surface area contributed by atoms with Crippen LogP contribution in [0.2, 0.25) is 0 Å². The number of nitrogens with two attached hydrogens (primary N) is 1. The zero-order valence-electron chi connectivity index (χ0n) is 10.6. The molecule has 20 heavy (non-hydrogen) atoms. The minimum absolute atomic E-state index is 0.410. The summed E-state index contributed by atoms with van der Waals surface area (Å²) in [6.45, 7) is 2.44. The second-order valence-electron chi connectivity index (χ2n) is 4.22. The van der Waals surface area contributed by atoms with Crippen LogP contribution in [-0.2, 0) is 6.54 Å². The minimum atomic E-state index is 0.410. The summed E-state index contributed by atoms with van der Waals surface area (Å²) in [5.41, 5.74) is 8.26. The van der Waals surface area contributed by atoms with Crippen molar-refractivity contribution in [2.75, 3.05) is 0 Å². The number of benzene rings is 1. The molecule has 3 rings (SSSR count). The van der Waals surface area contributed by atoms with Crippen LogP contribution in [0, 0.1) is 6.92 Å². The standard InChI is InChI=1S/C13H11BrN4OS/c1-7-2-3-8(4-9(7)14)12-17-13(19-18-12)10-6-20-11(5-15)16-10/h2-4,6H,5,15H2,1H3. The molecule has 0 aliphatic rings. The predicted molar refractivity (Wildman–Crippen MR) is 81.2 cm³/mol. The van der Waals surface area contributed by atoms with Gasteiger partial charge in [0.2, 0.25) is 5.82 Å². The highest BCUT2D eigenvalue weighted by Gasteiger charge is 2.14. The molecule has 2 N–H and O–H groups in total. The van der Waals surface area contributed by atoms with Crippen LogP contribution in [0.3, 0.4) is 0 Å². The first-order valence-corrected chi connectivity index (χ1v) is 7.59. The molecule has 0 aliphatic carbocycles. The minimum Gasteiger partial charge on any atom is -0.332 e. The zero-order valence-corrected chi connectivity index (χ0v) is 13.0. The van der Waals surface area contributed by atoms with Crippen LogP contribution in [0.25, 0.3) is 23.0 Å². The summed E-state index contributed by atoms with van der Waals surface area (Å²) in [6.07, 6.45) is 0. The SMILES string of the molecule is Cc1ccc(-c2noc(-c3csc(CN)n3)n2)cc1Br. The van der Waals surface area contributed by atoms with Gasteiger partial charge in [0.05, 0.1) is 0 Å². The van der Waals surface area contributed by atoms with Gasteiger partial charge in [0.25, 0.3) is 5.89 Å². The molecule has 0 amide bonds. The first kappa shape index (κ1) is 13.4. The summed E-state index contributed by atoms with van der Waals surface area (Å²) in [5.74, 6) is 0.954. The highest BCUT2D eigenvalue weighted by atomic mass is 79.9. The Morgan fingerprint density at radius 1 is 1.35 bits per heavy atom. The van der Waals surface area contributed by atoms with Gasteiger partial charge >= 0.3 is 0 Å². The monoisotopic (exact) mass is 350 g/mol. The van der Waals surface area contributed by atoms with Crippen LogP contribution in [-0.4, -0.2) is 15.1 Å². The van der Waals surface area contributed by atoms with Gasteiger partial charge in [-0.1, -0.05) is 33.2 Å². The fourth-order valence-corrected chi connectivity index (χ4v) is 2.71. The topological polar surface area (TPSA) is 77.8 Å². The van der Waals surface area contributed by atoms with Crippen molar-refractivity contribution in [2.24, 2.45) is 5.73 Å². The Morgan fingerprint density at radius 2 is 2.20 bits per heavy atom. The van der Waals surface area contributed by atoms with Crippen molar-refractivity contribution in [1.29, 1.82) is 0 Å². The van der Waals surface area contributed by atoms with Crippen molar-refractivity contribution in [3.63, 3.8) is 0 Å². The average Bonchev–Trinajstić information content (AvgIpc) is 3.09. The average molecular weight is 351 g/mol. The molecule has 0 bridgehead atoms. The molecule has 5 nitrogen and oxygen atoms in total. The van der Waals surface area contributed by atoms with Gasteiger partial charge in [0.1, 0.15) is 10.7 Å². The Kier molecular flexibility index (Phi) is 3.64. The molecule has 3 aromatic rings. The zero-order chi connectivity index (χ0) is 14.1. The lowest BCUT2D eigenvalue weighted by Gasteiger charge is -1.99. The first-order chi connectivity index (χ1) is 9.67. The van der Waals surface area contributed by atoms with E-state index in [1.807, 2.05) is 30.5 Å². The van der Waals surface area contributed by atoms with E-state index in [-0.39, 0.29) is 0 Å². The molecule has 0 aliphatic heterocycles. The molecule has 0 spiro atoms. The predicted octanol–water partition coefficient (Wildman–Crippen LogP) is 3.39. The van der Waals surface area contributed by atoms with Gasteiger partial charge in [0, 0.05) is 22.0 Å². The van der Waals surface area contributed by atoms with Crippen molar-refractivity contribution in [3.05, 3.63) is 38.6 Å². The Labute approximate surface area is 128 Å². The van der Waals surface area contributed by atoms with E-state index in [1.165, 1.54) is 11.3 Å². The molecule has 102 valence electrons. The normalized spacial score (nSPS) is 10.9. The summed E-state index contributed by atoms with van der Waals surface area (Å²) < 4.78 is 6.27. The number of aromatic nitrogens is 3. The molecule has 2 aromatic heterocycles. The second kappa shape index (κ2) is 5.43. The van der Waals surface area contributed by atoms with Gasteiger partial charge in [-0.05, 0) is 18.6 Å². The summed E-state index contributed by atoms with van der Waals surface area (Å²) in [7, 11) is 0. The lowest BCUT2D eigenvalue weighted by molar-refractivity contribution is 0.431. The fraction of sp³-hybridized carbons (Fsp3) is 0.154. The third-order valence-electron chi connectivity index (χ3n) is 2.80. The van der Waals surface area contributed by atoms with E-state index in [0.29, 0.717) is 24.0 Å². The summed E-state index contributed by atoms with van der Waals surface area (Å²) >= 11 is 4.98. The van der Waals surface area contributed by atoms with E-state index in [2.05, 4.69) is 31.1 Å². The van der Waals surface area contributed by atoms with Gasteiger partial charge in [0.15, 0.2) is 0 Å². The number of thiazole rings is 1. The number of nitrogens with zero attached hydrogens (tertiary/aromatic N) is 3. The van der Waals surface area contributed by atoms with E-state index in [1.54, 1.807) is 0 Å². The van der Waals surface area contributed by atoms with Crippen LogP contribution in [0.15, 0.2) is 32.6 Å². The Bertz CT molecular complexity index is 752. The maximum Gasteiger partial charge on any atom is 0.277 e. The number of rotatable bonds is 3. The van der Waals surface area contributed by atoms with Crippen molar-refractivity contribution in [1.82, 2.24) is 15.1 Å².